The highest BCUT2D eigenvalue weighted by atomic mass is 32.2. The minimum absolute atomic E-state index is 0.102. The van der Waals surface area contributed by atoms with E-state index in [1.165, 1.54) is 28.7 Å². The predicted molar refractivity (Wildman–Crippen MR) is 174 cm³/mol. The third-order valence-corrected chi connectivity index (χ3v) is 9.29. The Bertz CT molecular complexity index is 1840. The number of rotatable bonds is 11. The highest BCUT2D eigenvalue weighted by molar-refractivity contribution is 7.98. The number of benzene rings is 5. The first-order valence-corrected chi connectivity index (χ1v) is 16.2. The van der Waals surface area contributed by atoms with Crippen molar-refractivity contribution < 1.29 is 17.9 Å². The lowest BCUT2D eigenvalue weighted by Gasteiger charge is -2.24. The molecular formula is C34H31N3O4S2. The van der Waals surface area contributed by atoms with Crippen molar-refractivity contribution in [2.75, 3.05) is 17.1 Å². The molecule has 0 bridgehead atoms. The summed E-state index contributed by atoms with van der Waals surface area (Å²) in [5.74, 6) is 0.135. The number of carbonyl (C=O) groups is 1. The van der Waals surface area contributed by atoms with Gasteiger partial charge < -0.3 is 4.74 Å². The van der Waals surface area contributed by atoms with Crippen molar-refractivity contribution in [1.29, 1.82) is 0 Å². The molecule has 0 unspecified atom stereocenters. The molecule has 0 aliphatic rings. The van der Waals surface area contributed by atoms with Gasteiger partial charge in [0.15, 0.2) is 0 Å². The van der Waals surface area contributed by atoms with Gasteiger partial charge in [0.05, 0.1) is 16.8 Å². The van der Waals surface area contributed by atoms with Crippen LogP contribution in [0.4, 0.5) is 5.69 Å². The zero-order valence-electron chi connectivity index (χ0n) is 23.8. The van der Waals surface area contributed by atoms with Crippen molar-refractivity contribution in [3.63, 3.8) is 0 Å². The minimum Gasteiger partial charge on any atom is -0.489 e. The van der Waals surface area contributed by atoms with E-state index in [9.17, 15) is 13.2 Å². The number of thioether (sulfide) groups is 1. The van der Waals surface area contributed by atoms with E-state index in [0.717, 1.165) is 25.9 Å². The van der Waals surface area contributed by atoms with Crippen LogP contribution in [0.2, 0.25) is 0 Å². The number of fused-ring (bicyclic) bond motifs is 1. The first-order valence-electron chi connectivity index (χ1n) is 13.6. The van der Waals surface area contributed by atoms with E-state index in [-0.39, 0.29) is 4.90 Å². The number of sulfonamides is 1. The van der Waals surface area contributed by atoms with Gasteiger partial charge in [-0.05, 0) is 102 Å². The molecule has 0 saturated heterocycles. The standard InChI is InChI=1S/C34H31N3O4S2/c1-25-7-13-30(14-8-25)37(43(39,40)33-19-17-32(42-2)18-20-33)23-34(38)36-35-22-26-10-15-31(16-11-26)41-24-27-9-12-28-5-3-4-6-29(28)21-27/h3-22H,23-24H2,1-2H3,(H,36,38)/b35-22-. The maximum absolute atomic E-state index is 13.6. The fourth-order valence-corrected chi connectivity index (χ4v) is 6.22. The second kappa shape index (κ2) is 13.6. The van der Waals surface area contributed by atoms with Gasteiger partial charge in [0.2, 0.25) is 0 Å². The number of nitrogens with zero attached hydrogens (tertiary/aromatic N) is 2. The minimum atomic E-state index is -4.01. The molecule has 0 aromatic heterocycles. The van der Waals surface area contributed by atoms with Crippen LogP contribution in [-0.2, 0) is 21.4 Å². The summed E-state index contributed by atoms with van der Waals surface area (Å²) in [5, 5.41) is 6.40. The Morgan fingerprint density at radius 1 is 0.884 bits per heavy atom. The summed E-state index contributed by atoms with van der Waals surface area (Å²) in [7, 11) is -4.01. The van der Waals surface area contributed by atoms with E-state index in [0.29, 0.717) is 18.0 Å². The topological polar surface area (TPSA) is 88.1 Å². The summed E-state index contributed by atoms with van der Waals surface area (Å²) < 4.78 is 34.2. The van der Waals surface area contributed by atoms with E-state index in [1.807, 2.05) is 49.6 Å². The van der Waals surface area contributed by atoms with Crippen molar-refractivity contribution in [3.8, 4) is 5.75 Å². The van der Waals surface area contributed by atoms with Gasteiger partial charge in [-0.1, -0.05) is 54.1 Å². The van der Waals surface area contributed by atoms with Gasteiger partial charge in [-0.15, -0.1) is 11.8 Å². The maximum Gasteiger partial charge on any atom is 0.264 e. The number of amides is 1. The molecule has 0 saturated carbocycles. The average molecular weight is 610 g/mol. The van der Waals surface area contributed by atoms with Gasteiger partial charge in [-0.25, -0.2) is 13.8 Å². The molecule has 7 nitrogen and oxygen atoms in total. The van der Waals surface area contributed by atoms with Crippen molar-refractivity contribution in [2.24, 2.45) is 5.10 Å². The highest BCUT2D eigenvalue weighted by Gasteiger charge is 2.27. The predicted octanol–water partition coefficient (Wildman–Crippen LogP) is 6.79. The SMILES string of the molecule is CSc1ccc(S(=O)(=O)N(CC(=O)N/N=C\c2ccc(OCc3ccc4ccccc4c3)cc2)c2ccc(C)cc2)cc1. The van der Waals surface area contributed by atoms with Crippen LogP contribution in [0.5, 0.6) is 5.75 Å². The van der Waals surface area contributed by atoms with Crippen LogP contribution in [0.25, 0.3) is 10.8 Å². The molecule has 5 aromatic carbocycles. The molecule has 0 aliphatic carbocycles. The van der Waals surface area contributed by atoms with Crippen molar-refractivity contribution in [3.05, 3.63) is 132 Å². The Morgan fingerprint density at radius 3 is 2.28 bits per heavy atom. The van der Waals surface area contributed by atoms with Crippen LogP contribution in [0.15, 0.2) is 130 Å². The number of nitrogens with one attached hydrogen (secondary N) is 1. The normalized spacial score (nSPS) is 11.5. The molecule has 1 amide bonds. The van der Waals surface area contributed by atoms with E-state index in [1.54, 1.807) is 48.5 Å². The molecule has 43 heavy (non-hydrogen) atoms. The Kier molecular flexibility index (Phi) is 9.44. The quantitative estimate of drug-likeness (QED) is 0.101. The average Bonchev–Trinajstić information content (AvgIpc) is 3.03. The number of carbonyl (C=O) groups excluding carboxylic acids is 1. The van der Waals surface area contributed by atoms with Crippen molar-refractivity contribution in [1.82, 2.24) is 5.43 Å². The number of anilines is 1. The van der Waals surface area contributed by atoms with Gasteiger partial charge in [0.1, 0.15) is 18.9 Å². The zero-order chi connectivity index (χ0) is 30.2. The van der Waals surface area contributed by atoms with Crippen LogP contribution in [0.1, 0.15) is 16.7 Å². The second-order valence-electron chi connectivity index (χ2n) is 9.86. The number of hydrazone groups is 1. The molecule has 5 rings (SSSR count). The summed E-state index contributed by atoms with van der Waals surface area (Å²) in [5.41, 5.74) is 5.63. The van der Waals surface area contributed by atoms with Crippen LogP contribution in [0, 0.1) is 6.92 Å². The van der Waals surface area contributed by atoms with E-state index in [4.69, 9.17) is 4.74 Å². The Labute approximate surface area is 256 Å². The van der Waals surface area contributed by atoms with Gasteiger partial charge in [0.25, 0.3) is 15.9 Å². The number of hydrogen-bond acceptors (Lipinski definition) is 6. The van der Waals surface area contributed by atoms with Gasteiger partial charge in [-0.2, -0.15) is 5.10 Å². The molecule has 1 N–H and O–H groups in total. The van der Waals surface area contributed by atoms with E-state index in [2.05, 4.69) is 40.9 Å². The van der Waals surface area contributed by atoms with Crippen molar-refractivity contribution in [2.45, 2.75) is 23.3 Å². The molecule has 0 heterocycles. The third-order valence-electron chi connectivity index (χ3n) is 6.76. The lowest BCUT2D eigenvalue weighted by Crippen LogP contribution is -2.39. The van der Waals surface area contributed by atoms with Crippen LogP contribution < -0.4 is 14.5 Å². The molecule has 9 heteroatoms. The molecule has 0 atom stereocenters. The highest BCUT2D eigenvalue weighted by Crippen LogP contribution is 2.26. The number of ether oxygens (including phenoxy) is 1. The lowest BCUT2D eigenvalue weighted by atomic mass is 10.1. The van der Waals surface area contributed by atoms with Gasteiger partial charge in [0, 0.05) is 4.90 Å². The Balaban J connectivity index is 1.21. The van der Waals surface area contributed by atoms with Crippen LogP contribution >= 0.6 is 11.8 Å². The molecule has 218 valence electrons. The maximum atomic E-state index is 13.6. The lowest BCUT2D eigenvalue weighted by molar-refractivity contribution is -0.119. The molecule has 0 spiro atoms. The Hall–Kier alpha value is -4.60. The van der Waals surface area contributed by atoms with Crippen LogP contribution in [0.3, 0.4) is 0 Å². The fourth-order valence-electron chi connectivity index (χ4n) is 4.39. The van der Waals surface area contributed by atoms with Gasteiger partial charge >= 0.3 is 0 Å². The molecule has 0 radical (unpaired) electrons. The first kappa shape index (κ1) is 29.9. The first-order chi connectivity index (χ1) is 20.8. The summed E-state index contributed by atoms with van der Waals surface area (Å²) in [6.45, 7) is 1.92. The summed E-state index contributed by atoms with van der Waals surface area (Å²) in [6.07, 6.45) is 3.42. The summed E-state index contributed by atoms with van der Waals surface area (Å²) in [6, 6.07) is 35.3. The second-order valence-corrected chi connectivity index (χ2v) is 12.6. The molecule has 0 aliphatic heterocycles. The zero-order valence-corrected chi connectivity index (χ0v) is 25.4. The van der Waals surface area contributed by atoms with E-state index < -0.39 is 22.5 Å². The summed E-state index contributed by atoms with van der Waals surface area (Å²) in [4.78, 5) is 13.9. The molecular weight excluding hydrogens is 579 g/mol. The fraction of sp³-hybridized carbons (Fsp3) is 0.118. The molecule has 0 fully saturated rings. The number of hydrogen-bond donors (Lipinski definition) is 1. The smallest absolute Gasteiger partial charge is 0.264 e. The monoisotopic (exact) mass is 609 g/mol. The molecule has 5 aromatic rings. The number of aryl methyl sites for hydroxylation is 1. The van der Waals surface area contributed by atoms with Crippen LogP contribution in [-0.4, -0.2) is 33.3 Å². The van der Waals surface area contributed by atoms with E-state index >= 15 is 0 Å². The van der Waals surface area contributed by atoms with Gasteiger partial charge in [-0.3, -0.25) is 9.10 Å². The third kappa shape index (κ3) is 7.63. The Morgan fingerprint density at radius 2 is 1.58 bits per heavy atom. The van der Waals surface area contributed by atoms with Crippen molar-refractivity contribution >= 4 is 50.4 Å². The largest absolute Gasteiger partial charge is 0.489 e. The summed E-state index contributed by atoms with van der Waals surface area (Å²) >= 11 is 1.52.